The van der Waals surface area contributed by atoms with Crippen LogP contribution in [0.3, 0.4) is 0 Å². The maximum absolute atomic E-state index is 11.7. The minimum absolute atomic E-state index is 0.344. The van der Waals surface area contributed by atoms with E-state index >= 15 is 0 Å². The Hall–Kier alpha value is -3.94. The van der Waals surface area contributed by atoms with Gasteiger partial charge in [0.05, 0.1) is 25.3 Å². The van der Waals surface area contributed by atoms with E-state index in [4.69, 9.17) is 9.47 Å². The molecule has 142 valence electrons. The van der Waals surface area contributed by atoms with Crippen molar-refractivity contribution in [1.29, 1.82) is 0 Å². The zero-order chi connectivity index (χ0) is 19.9. The minimum atomic E-state index is -0.425. The molecule has 0 unspecified atom stereocenters. The lowest BCUT2D eigenvalue weighted by molar-refractivity contribution is 0.0592. The molecule has 0 saturated carbocycles. The van der Waals surface area contributed by atoms with Gasteiger partial charge in [0, 0.05) is 17.6 Å². The molecule has 8 heteroatoms. The van der Waals surface area contributed by atoms with Gasteiger partial charge in [0.2, 0.25) is 5.95 Å². The summed E-state index contributed by atoms with van der Waals surface area (Å²) < 4.78 is 9.45. The van der Waals surface area contributed by atoms with Crippen molar-refractivity contribution in [3.05, 3.63) is 71.9 Å². The summed E-state index contributed by atoms with van der Waals surface area (Å²) in [6, 6.07) is 15.4. The molecule has 0 bridgehead atoms. The number of hydrogen-bond donors (Lipinski definition) is 2. The van der Waals surface area contributed by atoms with Gasteiger partial charge in [-0.2, -0.15) is 4.98 Å². The van der Waals surface area contributed by atoms with Crippen molar-refractivity contribution in [3.63, 3.8) is 0 Å². The van der Waals surface area contributed by atoms with Crippen molar-refractivity contribution in [1.82, 2.24) is 9.97 Å². The first-order valence-corrected chi connectivity index (χ1v) is 8.33. The van der Waals surface area contributed by atoms with E-state index in [1.807, 2.05) is 6.07 Å². The Morgan fingerprint density at radius 1 is 0.821 bits per heavy atom. The minimum Gasteiger partial charge on any atom is -0.465 e. The first-order valence-electron chi connectivity index (χ1n) is 8.33. The molecule has 2 N–H and O–H groups in total. The fraction of sp³-hybridized carbons (Fsp3) is 0.100. The van der Waals surface area contributed by atoms with Crippen molar-refractivity contribution in [3.8, 4) is 0 Å². The molecule has 0 amide bonds. The van der Waals surface area contributed by atoms with E-state index in [0.717, 1.165) is 0 Å². The third kappa shape index (κ3) is 4.61. The highest BCUT2D eigenvalue weighted by Gasteiger charge is 2.08. The highest BCUT2D eigenvalue weighted by molar-refractivity contribution is 5.91. The number of rotatable bonds is 6. The summed E-state index contributed by atoms with van der Waals surface area (Å²) >= 11 is 0. The summed E-state index contributed by atoms with van der Waals surface area (Å²) in [5, 5.41) is 6.16. The quantitative estimate of drug-likeness (QED) is 0.628. The molecule has 0 radical (unpaired) electrons. The number of benzene rings is 2. The normalized spacial score (nSPS) is 10.1. The average molecular weight is 378 g/mol. The van der Waals surface area contributed by atoms with Crippen LogP contribution in [-0.4, -0.2) is 36.1 Å². The Balaban J connectivity index is 1.76. The van der Waals surface area contributed by atoms with Gasteiger partial charge in [-0.25, -0.2) is 14.6 Å². The van der Waals surface area contributed by atoms with Gasteiger partial charge in [-0.3, -0.25) is 0 Å². The zero-order valence-corrected chi connectivity index (χ0v) is 15.3. The van der Waals surface area contributed by atoms with Crippen LogP contribution in [0.4, 0.5) is 23.1 Å². The fourth-order valence-electron chi connectivity index (χ4n) is 2.45. The zero-order valence-electron chi connectivity index (χ0n) is 15.3. The second-order valence-corrected chi connectivity index (χ2v) is 5.66. The maximum atomic E-state index is 11.7. The van der Waals surface area contributed by atoms with E-state index in [0.29, 0.717) is 34.3 Å². The standard InChI is InChI=1S/C20H18N4O4/c1-27-18(25)13-5-3-7-15(11-13)22-17-9-10-21-20(24-17)23-16-8-4-6-14(12-16)19(26)28-2/h3-12H,1-2H3,(H2,21,22,23,24). The Labute approximate surface area is 161 Å². The fourth-order valence-corrected chi connectivity index (χ4v) is 2.45. The van der Waals surface area contributed by atoms with Crippen molar-refractivity contribution in [2.45, 2.75) is 0 Å². The lowest BCUT2D eigenvalue weighted by Gasteiger charge is -2.10. The molecule has 3 rings (SSSR count). The number of nitrogens with zero attached hydrogens (tertiary/aromatic N) is 2. The molecule has 2 aromatic carbocycles. The summed E-state index contributed by atoms with van der Waals surface area (Å²) in [6.07, 6.45) is 1.59. The second kappa shape index (κ2) is 8.63. The molecule has 28 heavy (non-hydrogen) atoms. The SMILES string of the molecule is COC(=O)c1cccc(Nc2ccnc(Nc3cccc(C(=O)OC)c3)n2)c1. The van der Waals surface area contributed by atoms with Crippen LogP contribution >= 0.6 is 0 Å². The van der Waals surface area contributed by atoms with E-state index in [1.165, 1.54) is 14.2 Å². The van der Waals surface area contributed by atoms with E-state index in [-0.39, 0.29) is 0 Å². The van der Waals surface area contributed by atoms with Crippen LogP contribution in [0.25, 0.3) is 0 Å². The van der Waals surface area contributed by atoms with Crippen molar-refractivity contribution in [2.24, 2.45) is 0 Å². The Morgan fingerprint density at radius 2 is 1.39 bits per heavy atom. The summed E-state index contributed by atoms with van der Waals surface area (Å²) in [7, 11) is 2.66. The number of hydrogen-bond acceptors (Lipinski definition) is 8. The topological polar surface area (TPSA) is 102 Å². The van der Waals surface area contributed by atoms with Gasteiger partial charge in [0.1, 0.15) is 5.82 Å². The first-order chi connectivity index (χ1) is 13.6. The third-order valence-electron chi connectivity index (χ3n) is 3.75. The van der Waals surface area contributed by atoms with E-state index in [9.17, 15) is 9.59 Å². The highest BCUT2D eigenvalue weighted by Crippen LogP contribution is 2.19. The van der Waals surface area contributed by atoms with Crippen molar-refractivity contribution < 1.29 is 19.1 Å². The lowest BCUT2D eigenvalue weighted by Crippen LogP contribution is -2.04. The first kappa shape index (κ1) is 18.8. The number of ether oxygens (including phenoxy) is 2. The predicted molar refractivity (Wildman–Crippen MR) is 104 cm³/mol. The summed E-state index contributed by atoms with van der Waals surface area (Å²) in [4.78, 5) is 31.9. The van der Waals surface area contributed by atoms with Gasteiger partial charge >= 0.3 is 11.9 Å². The largest absolute Gasteiger partial charge is 0.465 e. The van der Waals surface area contributed by atoms with E-state index in [2.05, 4.69) is 20.6 Å². The molecule has 1 heterocycles. The summed E-state index contributed by atoms with van der Waals surface area (Å²) in [6.45, 7) is 0. The van der Waals surface area contributed by atoms with Crippen LogP contribution in [0, 0.1) is 0 Å². The Kier molecular flexibility index (Phi) is 5.81. The van der Waals surface area contributed by atoms with E-state index < -0.39 is 11.9 Å². The van der Waals surface area contributed by atoms with Gasteiger partial charge in [0.25, 0.3) is 0 Å². The monoisotopic (exact) mass is 378 g/mol. The highest BCUT2D eigenvalue weighted by atomic mass is 16.5. The van der Waals surface area contributed by atoms with E-state index in [1.54, 1.807) is 54.7 Å². The third-order valence-corrected chi connectivity index (χ3v) is 3.75. The average Bonchev–Trinajstić information content (AvgIpc) is 2.73. The predicted octanol–water partition coefficient (Wildman–Crippen LogP) is 3.54. The van der Waals surface area contributed by atoms with Gasteiger partial charge in [-0.1, -0.05) is 12.1 Å². The summed E-state index contributed by atoms with van der Waals surface area (Å²) in [5.74, 6) is 0.0319. The molecule has 0 spiro atoms. The molecule has 0 saturated heterocycles. The Bertz CT molecular complexity index is 930. The molecule has 8 nitrogen and oxygen atoms in total. The number of methoxy groups -OCH3 is 2. The Morgan fingerprint density at radius 3 is 1.96 bits per heavy atom. The molecule has 0 atom stereocenters. The van der Waals surface area contributed by atoms with Gasteiger partial charge in [0.15, 0.2) is 0 Å². The number of carbonyl (C=O) groups excluding carboxylic acids is 2. The number of carbonyl (C=O) groups is 2. The molecular formula is C20H18N4O4. The molecule has 0 fully saturated rings. The maximum Gasteiger partial charge on any atom is 0.337 e. The van der Waals surface area contributed by atoms with Crippen LogP contribution in [-0.2, 0) is 9.47 Å². The number of esters is 2. The van der Waals surface area contributed by atoms with Crippen LogP contribution in [0.1, 0.15) is 20.7 Å². The van der Waals surface area contributed by atoms with Crippen LogP contribution in [0.2, 0.25) is 0 Å². The van der Waals surface area contributed by atoms with Crippen LogP contribution < -0.4 is 10.6 Å². The molecule has 0 aliphatic carbocycles. The lowest BCUT2D eigenvalue weighted by atomic mass is 10.2. The van der Waals surface area contributed by atoms with Crippen molar-refractivity contribution >= 4 is 35.1 Å². The number of anilines is 4. The van der Waals surface area contributed by atoms with Crippen molar-refractivity contribution in [2.75, 3.05) is 24.9 Å². The van der Waals surface area contributed by atoms with Gasteiger partial charge in [-0.05, 0) is 42.5 Å². The second-order valence-electron chi connectivity index (χ2n) is 5.66. The number of nitrogens with one attached hydrogen (secondary N) is 2. The van der Waals surface area contributed by atoms with Gasteiger partial charge < -0.3 is 20.1 Å². The molecule has 0 aliphatic heterocycles. The smallest absolute Gasteiger partial charge is 0.337 e. The van der Waals surface area contributed by atoms with Gasteiger partial charge in [-0.15, -0.1) is 0 Å². The molecule has 0 aliphatic rings. The molecule has 3 aromatic rings. The molecular weight excluding hydrogens is 360 g/mol. The molecule has 1 aromatic heterocycles. The van der Waals surface area contributed by atoms with Crippen LogP contribution in [0.15, 0.2) is 60.8 Å². The number of aromatic nitrogens is 2. The van der Waals surface area contributed by atoms with Crippen LogP contribution in [0.5, 0.6) is 0 Å². The summed E-state index contributed by atoms with van der Waals surface area (Å²) in [5.41, 5.74) is 2.17.